The Hall–Kier alpha value is -2.13. The molecule has 0 amide bonds. The van der Waals surface area contributed by atoms with Gasteiger partial charge in [-0.2, -0.15) is 0 Å². The summed E-state index contributed by atoms with van der Waals surface area (Å²) >= 11 is 5.41. The van der Waals surface area contributed by atoms with E-state index in [1.807, 2.05) is 25.1 Å². The summed E-state index contributed by atoms with van der Waals surface area (Å²) in [6.07, 6.45) is 0. The predicted molar refractivity (Wildman–Crippen MR) is 98.0 cm³/mol. The Morgan fingerprint density at radius 3 is 2.23 bits per heavy atom. The van der Waals surface area contributed by atoms with Gasteiger partial charge in [0, 0.05) is 6.54 Å². The standard InChI is InChI=1S/C19H22N2S/c1-14(2)13-20-19(22)21-18(16-7-5-4-6-8-16)17-11-9-15(3)10-12-17/h4-12,18H,1,13H2,2-3H3,(H2,20,21,22)/t18-/m0/s1. The molecule has 22 heavy (non-hydrogen) atoms. The molecule has 0 spiro atoms. The largest absolute Gasteiger partial charge is 0.359 e. The minimum absolute atomic E-state index is 0.0342. The third kappa shape index (κ3) is 4.71. The molecule has 0 saturated heterocycles. The van der Waals surface area contributed by atoms with Crippen LogP contribution in [0.3, 0.4) is 0 Å². The molecule has 0 heterocycles. The molecule has 0 aliphatic carbocycles. The Bertz CT molecular complexity index is 632. The second-order valence-corrected chi connectivity index (χ2v) is 5.95. The van der Waals surface area contributed by atoms with Crippen LogP contribution >= 0.6 is 12.2 Å². The average Bonchev–Trinajstić information content (AvgIpc) is 2.52. The first-order chi connectivity index (χ1) is 10.6. The lowest BCUT2D eigenvalue weighted by molar-refractivity contribution is 0.744. The Kier molecular flexibility index (Phi) is 5.73. The van der Waals surface area contributed by atoms with Crippen LogP contribution < -0.4 is 10.6 Å². The molecule has 0 unspecified atom stereocenters. The number of thiocarbonyl (C=S) groups is 1. The minimum atomic E-state index is 0.0342. The van der Waals surface area contributed by atoms with Crippen LogP contribution in [0.1, 0.15) is 29.7 Å². The fourth-order valence-corrected chi connectivity index (χ4v) is 2.37. The van der Waals surface area contributed by atoms with E-state index >= 15 is 0 Å². The third-order valence-corrected chi connectivity index (χ3v) is 3.63. The van der Waals surface area contributed by atoms with E-state index in [1.165, 1.54) is 16.7 Å². The molecule has 0 aliphatic rings. The zero-order valence-electron chi connectivity index (χ0n) is 13.1. The minimum Gasteiger partial charge on any atom is -0.359 e. The molecular weight excluding hydrogens is 288 g/mol. The number of hydrogen-bond acceptors (Lipinski definition) is 1. The summed E-state index contributed by atoms with van der Waals surface area (Å²) in [4.78, 5) is 0. The van der Waals surface area contributed by atoms with Gasteiger partial charge < -0.3 is 10.6 Å². The van der Waals surface area contributed by atoms with E-state index in [9.17, 15) is 0 Å². The van der Waals surface area contributed by atoms with Gasteiger partial charge in [-0.1, -0.05) is 72.3 Å². The van der Waals surface area contributed by atoms with Crippen LogP contribution in [0.5, 0.6) is 0 Å². The second-order valence-electron chi connectivity index (χ2n) is 5.54. The number of hydrogen-bond donors (Lipinski definition) is 2. The van der Waals surface area contributed by atoms with Crippen molar-refractivity contribution in [1.82, 2.24) is 10.6 Å². The van der Waals surface area contributed by atoms with E-state index in [4.69, 9.17) is 12.2 Å². The number of aryl methyl sites for hydroxylation is 1. The SMILES string of the molecule is C=C(C)CNC(=S)N[C@@H](c1ccccc1)c1ccc(C)cc1. The van der Waals surface area contributed by atoms with Crippen molar-refractivity contribution in [1.29, 1.82) is 0 Å². The van der Waals surface area contributed by atoms with Gasteiger partial charge in [-0.15, -0.1) is 0 Å². The molecule has 0 fully saturated rings. The Morgan fingerprint density at radius 2 is 1.64 bits per heavy atom. The first kappa shape index (κ1) is 16.2. The first-order valence-corrected chi connectivity index (χ1v) is 7.77. The number of benzene rings is 2. The maximum absolute atomic E-state index is 5.41. The van der Waals surface area contributed by atoms with Crippen molar-refractivity contribution in [3.05, 3.63) is 83.4 Å². The van der Waals surface area contributed by atoms with Crippen LogP contribution in [-0.2, 0) is 0 Å². The molecule has 0 bridgehead atoms. The lowest BCUT2D eigenvalue weighted by atomic mass is 9.98. The maximum atomic E-state index is 5.41. The first-order valence-electron chi connectivity index (χ1n) is 7.36. The van der Waals surface area contributed by atoms with E-state index in [1.54, 1.807) is 0 Å². The summed E-state index contributed by atoms with van der Waals surface area (Å²) in [5.41, 5.74) is 4.68. The van der Waals surface area contributed by atoms with E-state index in [0.717, 1.165) is 5.57 Å². The van der Waals surface area contributed by atoms with Gasteiger partial charge >= 0.3 is 0 Å². The summed E-state index contributed by atoms with van der Waals surface area (Å²) < 4.78 is 0. The molecule has 2 nitrogen and oxygen atoms in total. The van der Waals surface area contributed by atoms with Crippen molar-refractivity contribution in [3.8, 4) is 0 Å². The summed E-state index contributed by atoms with van der Waals surface area (Å²) in [6, 6.07) is 18.9. The van der Waals surface area contributed by atoms with Gasteiger partial charge in [-0.05, 0) is 37.2 Å². The smallest absolute Gasteiger partial charge is 0.167 e. The Balaban J connectivity index is 2.21. The van der Waals surface area contributed by atoms with Gasteiger partial charge in [-0.3, -0.25) is 0 Å². The summed E-state index contributed by atoms with van der Waals surface area (Å²) in [7, 11) is 0. The highest BCUT2D eigenvalue weighted by Crippen LogP contribution is 2.22. The third-order valence-electron chi connectivity index (χ3n) is 3.37. The molecule has 0 aliphatic heterocycles. The average molecular weight is 310 g/mol. The quantitative estimate of drug-likeness (QED) is 0.641. The predicted octanol–water partition coefficient (Wildman–Crippen LogP) is 4.12. The molecular formula is C19H22N2S. The van der Waals surface area contributed by atoms with E-state index in [-0.39, 0.29) is 6.04 Å². The van der Waals surface area contributed by atoms with Gasteiger partial charge in [0.05, 0.1) is 6.04 Å². The molecule has 0 radical (unpaired) electrons. The molecule has 3 heteroatoms. The highest BCUT2D eigenvalue weighted by Gasteiger charge is 2.14. The molecule has 0 saturated carbocycles. The van der Waals surface area contributed by atoms with Crippen molar-refractivity contribution < 1.29 is 0 Å². The van der Waals surface area contributed by atoms with Crippen LogP contribution in [0.15, 0.2) is 66.7 Å². The number of nitrogens with one attached hydrogen (secondary N) is 2. The Morgan fingerprint density at radius 1 is 1.05 bits per heavy atom. The fraction of sp³-hybridized carbons (Fsp3) is 0.211. The number of rotatable bonds is 5. The highest BCUT2D eigenvalue weighted by atomic mass is 32.1. The molecule has 2 rings (SSSR count). The van der Waals surface area contributed by atoms with Crippen molar-refractivity contribution >= 4 is 17.3 Å². The summed E-state index contributed by atoms with van der Waals surface area (Å²) in [5, 5.41) is 7.22. The van der Waals surface area contributed by atoms with Gasteiger partial charge in [0.15, 0.2) is 5.11 Å². The van der Waals surface area contributed by atoms with Crippen LogP contribution in [0.4, 0.5) is 0 Å². The summed E-state index contributed by atoms with van der Waals surface area (Å²) in [6.45, 7) is 8.63. The monoisotopic (exact) mass is 310 g/mol. The van der Waals surface area contributed by atoms with Crippen LogP contribution in [0.25, 0.3) is 0 Å². The van der Waals surface area contributed by atoms with Crippen molar-refractivity contribution in [2.45, 2.75) is 19.9 Å². The second kappa shape index (κ2) is 7.76. The highest BCUT2D eigenvalue weighted by molar-refractivity contribution is 7.80. The van der Waals surface area contributed by atoms with Crippen LogP contribution in [-0.4, -0.2) is 11.7 Å². The molecule has 2 aromatic rings. The molecule has 114 valence electrons. The normalized spacial score (nSPS) is 11.5. The van der Waals surface area contributed by atoms with Gasteiger partial charge in [0.2, 0.25) is 0 Å². The lowest BCUT2D eigenvalue weighted by Gasteiger charge is -2.22. The summed E-state index contributed by atoms with van der Waals surface area (Å²) in [5.74, 6) is 0. The molecule has 0 aromatic heterocycles. The van der Waals surface area contributed by atoms with Crippen molar-refractivity contribution in [2.75, 3.05) is 6.54 Å². The van der Waals surface area contributed by atoms with E-state index in [0.29, 0.717) is 11.7 Å². The van der Waals surface area contributed by atoms with Gasteiger partial charge in [0.25, 0.3) is 0 Å². The molecule has 1 atom stereocenters. The lowest BCUT2D eigenvalue weighted by Crippen LogP contribution is -2.38. The molecule has 2 N–H and O–H groups in total. The topological polar surface area (TPSA) is 24.1 Å². The Labute approximate surface area is 138 Å². The molecule has 2 aromatic carbocycles. The maximum Gasteiger partial charge on any atom is 0.167 e. The zero-order valence-corrected chi connectivity index (χ0v) is 13.9. The van der Waals surface area contributed by atoms with E-state index < -0.39 is 0 Å². The van der Waals surface area contributed by atoms with E-state index in [2.05, 4.69) is 60.5 Å². The van der Waals surface area contributed by atoms with Gasteiger partial charge in [0.1, 0.15) is 0 Å². The van der Waals surface area contributed by atoms with Gasteiger partial charge in [-0.25, -0.2) is 0 Å². The fourth-order valence-electron chi connectivity index (χ4n) is 2.18. The van der Waals surface area contributed by atoms with Crippen molar-refractivity contribution in [2.24, 2.45) is 0 Å². The van der Waals surface area contributed by atoms with Crippen LogP contribution in [0.2, 0.25) is 0 Å². The van der Waals surface area contributed by atoms with Crippen molar-refractivity contribution in [3.63, 3.8) is 0 Å². The van der Waals surface area contributed by atoms with Crippen LogP contribution in [0, 0.1) is 6.92 Å². The zero-order chi connectivity index (χ0) is 15.9.